The summed E-state index contributed by atoms with van der Waals surface area (Å²) in [5.74, 6) is -0.0224. The Balaban J connectivity index is 1.65. The molecule has 2 N–H and O–H groups in total. The van der Waals surface area contributed by atoms with Crippen molar-refractivity contribution in [2.24, 2.45) is 5.92 Å². The molecule has 0 aromatic heterocycles. The summed E-state index contributed by atoms with van der Waals surface area (Å²) in [5.41, 5.74) is 1.95. The fourth-order valence-corrected chi connectivity index (χ4v) is 3.07. The number of carbonyl (C=O) groups excluding carboxylic acids is 2. The van der Waals surface area contributed by atoms with Crippen molar-refractivity contribution in [2.45, 2.75) is 32.1 Å². The molecule has 0 aliphatic heterocycles. The molecule has 0 unspecified atom stereocenters. The molecule has 1 aliphatic rings. The van der Waals surface area contributed by atoms with Crippen LogP contribution < -0.4 is 10.6 Å². The van der Waals surface area contributed by atoms with Crippen LogP contribution in [-0.4, -0.2) is 11.8 Å². The largest absolute Gasteiger partial charge is 0.326 e. The minimum absolute atomic E-state index is 0.0651. The Kier molecular flexibility index (Phi) is 5.26. The van der Waals surface area contributed by atoms with Crippen LogP contribution in [0.15, 0.2) is 54.6 Å². The minimum Gasteiger partial charge on any atom is -0.326 e. The molecular weight excluding hydrogens is 300 g/mol. The Bertz CT molecular complexity index is 707. The third-order valence-corrected chi connectivity index (χ3v) is 4.40. The van der Waals surface area contributed by atoms with Gasteiger partial charge in [0.15, 0.2) is 0 Å². The molecular formula is C20H22N2O2. The van der Waals surface area contributed by atoms with E-state index in [0.717, 1.165) is 31.4 Å². The van der Waals surface area contributed by atoms with Crippen molar-refractivity contribution in [1.82, 2.24) is 0 Å². The smallest absolute Gasteiger partial charge is 0.255 e. The van der Waals surface area contributed by atoms with Gasteiger partial charge in [-0.25, -0.2) is 0 Å². The number of nitrogens with one attached hydrogen (secondary N) is 2. The van der Waals surface area contributed by atoms with Crippen LogP contribution in [0.3, 0.4) is 0 Å². The van der Waals surface area contributed by atoms with E-state index in [-0.39, 0.29) is 17.7 Å². The summed E-state index contributed by atoms with van der Waals surface area (Å²) in [5, 5.41) is 5.80. The molecule has 0 heterocycles. The van der Waals surface area contributed by atoms with E-state index in [1.54, 1.807) is 18.2 Å². The van der Waals surface area contributed by atoms with Crippen LogP contribution in [0.2, 0.25) is 0 Å². The Morgan fingerprint density at radius 2 is 1.50 bits per heavy atom. The topological polar surface area (TPSA) is 58.2 Å². The van der Waals surface area contributed by atoms with Gasteiger partial charge in [-0.15, -0.1) is 0 Å². The van der Waals surface area contributed by atoms with Crippen molar-refractivity contribution in [3.63, 3.8) is 0 Å². The fourth-order valence-electron chi connectivity index (χ4n) is 3.07. The minimum atomic E-state index is -0.185. The van der Waals surface area contributed by atoms with Crippen LogP contribution >= 0.6 is 0 Å². The Morgan fingerprint density at radius 1 is 0.792 bits per heavy atom. The maximum absolute atomic E-state index is 12.3. The number of carbonyl (C=O) groups is 2. The molecule has 1 fully saturated rings. The van der Waals surface area contributed by atoms with Crippen molar-refractivity contribution in [3.05, 3.63) is 60.2 Å². The Labute approximate surface area is 142 Å². The molecule has 1 aliphatic carbocycles. The lowest BCUT2D eigenvalue weighted by atomic mass is 9.88. The molecule has 2 aromatic rings. The molecule has 0 saturated heterocycles. The van der Waals surface area contributed by atoms with Crippen LogP contribution in [0.25, 0.3) is 0 Å². The average Bonchev–Trinajstić information content (AvgIpc) is 2.63. The van der Waals surface area contributed by atoms with Crippen LogP contribution in [0.4, 0.5) is 11.4 Å². The van der Waals surface area contributed by atoms with Gasteiger partial charge < -0.3 is 10.6 Å². The highest BCUT2D eigenvalue weighted by atomic mass is 16.2. The van der Waals surface area contributed by atoms with Gasteiger partial charge in [-0.2, -0.15) is 0 Å². The third kappa shape index (κ3) is 4.22. The molecule has 0 radical (unpaired) electrons. The van der Waals surface area contributed by atoms with Gasteiger partial charge in [0, 0.05) is 22.9 Å². The molecule has 1 saturated carbocycles. The lowest BCUT2D eigenvalue weighted by molar-refractivity contribution is -0.120. The van der Waals surface area contributed by atoms with Crippen molar-refractivity contribution in [3.8, 4) is 0 Å². The normalized spacial score (nSPS) is 14.8. The van der Waals surface area contributed by atoms with Crippen LogP contribution in [0, 0.1) is 5.92 Å². The summed E-state index contributed by atoms with van der Waals surface area (Å²) < 4.78 is 0. The van der Waals surface area contributed by atoms with Crippen LogP contribution in [0.5, 0.6) is 0 Å². The maximum Gasteiger partial charge on any atom is 0.255 e. The van der Waals surface area contributed by atoms with Gasteiger partial charge in [-0.3, -0.25) is 9.59 Å². The van der Waals surface area contributed by atoms with Gasteiger partial charge in [-0.05, 0) is 43.2 Å². The van der Waals surface area contributed by atoms with Gasteiger partial charge in [0.1, 0.15) is 0 Å². The monoisotopic (exact) mass is 322 g/mol. The van der Waals surface area contributed by atoms with Crippen molar-refractivity contribution in [2.75, 3.05) is 10.6 Å². The lowest BCUT2D eigenvalue weighted by Crippen LogP contribution is -2.24. The molecule has 4 nitrogen and oxygen atoms in total. The molecule has 0 spiro atoms. The summed E-state index contributed by atoms with van der Waals surface area (Å²) in [6, 6.07) is 16.4. The van der Waals surface area contributed by atoms with Crippen LogP contribution in [-0.2, 0) is 4.79 Å². The van der Waals surface area contributed by atoms with Crippen LogP contribution in [0.1, 0.15) is 42.5 Å². The number of benzene rings is 2. The zero-order valence-corrected chi connectivity index (χ0v) is 13.6. The lowest BCUT2D eigenvalue weighted by Gasteiger charge is -2.20. The van der Waals surface area contributed by atoms with E-state index in [4.69, 9.17) is 0 Å². The first-order valence-electron chi connectivity index (χ1n) is 8.50. The van der Waals surface area contributed by atoms with E-state index in [1.807, 2.05) is 36.4 Å². The first kappa shape index (κ1) is 16.2. The van der Waals surface area contributed by atoms with E-state index in [1.165, 1.54) is 6.42 Å². The van der Waals surface area contributed by atoms with Gasteiger partial charge >= 0.3 is 0 Å². The molecule has 2 amide bonds. The molecule has 0 bridgehead atoms. The molecule has 3 rings (SSSR count). The van der Waals surface area contributed by atoms with E-state index in [9.17, 15) is 9.59 Å². The Hall–Kier alpha value is -2.62. The average molecular weight is 322 g/mol. The number of amides is 2. The number of hydrogen-bond donors (Lipinski definition) is 2. The predicted molar refractivity (Wildman–Crippen MR) is 96.0 cm³/mol. The van der Waals surface area contributed by atoms with E-state index in [2.05, 4.69) is 10.6 Å². The van der Waals surface area contributed by atoms with E-state index >= 15 is 0 Å². The zero-order chi connectivity index (χ0) is 16.8. The van der Waals surface area contributed by atoms with Gasteiger partial charge in [0.25, 0.3) is 5.91 Å². The SMILES string of the molecule is O=C(Nc1ccccc1)c1cccc(NC(=O)C2CCCCC2)c1. The molecule has 124 valence electrons. The molecule has 24 heavy (non-hydrogen) atoms. The molecule has 2 aromatic carbocycles. The second kappa shape index (κ2) is 7.77. The second-order valence-corrected chi connectivity index (χ2v) is 6.23. The van der Waals surface area contributed by atoms with E-state index in [0.29, 0.717) is 11.3 Å². The highest BCUT2D eigenvalue weighted by molar-refractivity contribution is 6.05. The molecule has 0 atom stereocenters. The number of para-hydroxylation sites is 1. The second-order valence-electron chi connectivity index (χ2n) is 6.23. The van der Waals surface area contributed by atoms with Crippen molar-refractivity contribution in [1.29, 1.82) is 0 Å². The third-order valence-electron chi connectivity index (χ3n) is 4.40. The van der Waals surface area contributed by atoms with Crippen molar-refractivity contribution < 1.29 is 9.59 Å². The fraction of sp³-hybridized carbons (Fsp3) is 0.300. The highest BCUT2D eigenvalue weighted by Gasteiger charge is 2.21. The summed E-state index contributed by atoms with van der Waals surface area (Å²) in [4.78, 5) is 24.7. The Morgan fingerprint density at radius 3 is 2.25 bits per heavy atom. The number of anilines is 2. The summed E-state index contributed by atoms with van der Waals surface area (Å²) in [6.45, 7) is 0. The summed E-state index contributed by atoms with van der Waals surface area (Å²) in [6.07, 6.45) is 5.38. The van der Waals surface area contributed by atoms with Gasteiger partial charge in [0.2, 0.25) is 5.91 Å². The predicted octanol–water partition coefficient (Wildman–Crippen LogP) is 4.46. The number of hydrogen-bond acceptors (Lipinski definition) is 2. The summed E-state index contributed by atoms with van der Waals surface area (Å²) in [7, 11) is 0. The number of rotatable bonds is 4. The zero-order valence-electron chi connectivity index (χ0n) is 13.6. The van der Waals surface area contributed by atoms with Gasteiger partial charge in [0.05, 0.1) is 0 Å². The first-order chi connectivity index (χ1) is 11.7. The van der Waals surface area contributed by atoms with Gasteiger partial charge in [-0.1, -0.05) is 43.5 Å². The van der Waals surface area contributed by atoms with Crippen molar-refractivity contribution >= 4 is 23.2 Å². The quantitative estimate of drug-likeness (QED) is 0.873. The van der Waals surface area contributed by atoms with E-state index < -0.39 is 0 Å². The highest BCUT2D eigenvalue weighted by Crippen LogP contribution is 2.25. The first-order valence-corrected chi connectivity index (χ1v) is 8.50. The standard InChI is InChI=1S/C20H22N2O2/c23-19(15-8-3-1-4-9-15)22-18-13-7-10-16(14-18)20(24)21-17-11-5-2-6-12-17/h2,5-7,10-15H,1,3-4,8-9H2,(H,21,24)(H,22,23). The molecule has 4 heteroatoms. The maximum atomic E-state index is 12.3. The summed E-state index contributed by atoms with van der Waals surface area (Å²) >= 11 is 0.